The first-order valence-electron chi connectivity index (χ1n) is 8.68. The Kier molecular flexibility index (Phi) is 5.61. The lowest BCUT2D eigenvalue weighted by molar-refractivity contribution is 0.0951. The van der Waals surface area contributed by atoms with Gasteiger partial charge in [-0.1, -0.05) is 12.1 Å². The summed E-state index contributed by atoms with van der Waals surface area (Å²) >= 11 is 0. The summed E-state index contributed by atoms with van der Waals surface area (Å²) in [5.41, 5.74) is 4.74. The van der Waals surface area contributed by atoms with Crippen LogP contribution in [0.1, 0.15) is 37.4 Å². The standard InChI is InChI=1S/C22H21N3O2/c1-15-10-16(2)12-20(11-15)25-22(27)19-5-3-4-18(13-19)21(26)24-14-17-6-8-23-9-7-17/h3-13H,14H2,1-2H3,(H,24,26)(H,25,27). The van der Waals surface area contributed by atoms with E-state index < -0.39 is 0 Å². The minimum absolute atomic E-state index is 0.229. The number of aromatic nitrogens is 1. The lowest BCUT2D eigenvalue weighted by Crippen LogP contribution is -2.23. The molecular formula is C22H21N3O2. The second kappa shape index (κ2) is 8.27. The molecule has 0 aliphatic rings. The normalized spacial score (nSPS) is 10.3. The van der Waals surface area contributed by atoms with E-state index in [1.165, 1.54) is 0 Å². The predicted molar refractivity (Wildman–Crippen MR) is 106 cm³/mol. The molecule has 2 N–H and O–H groups in total. The fraction of sp³-hybridized carbons (Fsp3) is 0.136. The largest absolute Gasteiger partial charge is 0.348 e. The van der Waals surface area contributed by atoms with Crippen molar-refractivity contribution < 1.29 is 9.59 Å². The smallest absolute Gasteiger partial charge is 0.255 e. The monoisotopic (exact) mass is 359 g/mol. The molecule has 0 saturated carbocycles. The molecule has 2 amide bonds. The lowest BCUT2D eigenvalue weighted by atomic mass is 10.1. The van der Waals surface area contributed by atoms with Crippen molar-refractivity contribution in [3.63, 3.8) is 0 Å². The first kappa shape index (κ1) is 18.3. The molecule has 1 heterocycles. The predicted octanol–water partition coefficient (Wildman–Crippen LogP) is 3.88. The van der Waals surface area contributed by atoms with Gasteiger partial charge in [0.1, 0.15) is 0 Å². The van der Waals surface area contributed by atoms with E-state index in [-0.39, 0.29) is 11.8 Å². The molecule has 0 saturated heterocycles. The number of nitrogens with zero attached hydrogens (tertiary/aromatic N) is 1. The van der Waals surface area contributed by atoms with Gasteiger partial charge in [-0.3, -0.25) is 14.6 Å². The van der Waals surface area contributed by atoms with Gasteiger partial charge in [-0.15, -0.1) is 0 Å². The molecule has 0 atom stereocenters. The summed E-state index contributed by atoms with van der Waals surface area (Å²) in [6, 6.07) is 16.2. The molecule has 0 aliphatic carbocycles. The van der Waals surface area contributed by atoms with Gasteiger partial charge in [-0.25, -0.2) is 0 Å². The summed E-state index contributed by atoms with van der Waals surface area (Å²) in [7, 11) is 0. The molecule has 0 unspecified atom stereocenters. The molecule has 1 aromatic heterocycles. The first-order chi connectivity index (χ1) is 13.0. The average Bonchev–Trinajstić information content (AvgIpc) is 2.66. The Morgan fingerprint density at radius 2 is 1.48 bits per heavy atom. The molecule has 2 aromatic carbocycles. The van der Waals surface area contributed by atoms with E-state index in [1.807, 2.05) is 44.2 Å². The van der Waals surface area contributed by atoms with Gasteiger partial charge in [0.25, 0.3) is 11.8 Å². The molecule has 136 valence electrons. The molecular weight excluding hydrogens is 338 g/mol. The van der Waals surface area contributed by atoms with Gasteiger partial charge in [0.15, 0.2) is 0 Å². The van der Waals surface area contributed by atoms with Gasteiger partial charge in [-0.05, 0) is 73.0 Å². The average molecular weight is 359 g/mol. The van der Waals surface area contributed by atoms with Gasteiger partial charge in [0.2, 0.25) is 0 Å². The summed E-state index contributed by atoms with van der Waals surface area (Å²) in [5.74, 6) is -0.475. The maximum atomic E-state index is 12.5. The number of hydrogen-bond donors (Lipinski definition) is 2. The van der Waals surface area contributed by atoms with E-state index in [1.54, 1.807) is 36.7 Å². The van der Waals surface area contributed by atoms with E-state index >= 15 is 0 Å². The van der Waals surface area contributed by atoms with Crippen LogP contribution in [0.2, 0.25) is 0 Å². The highest BCUT2D eigenvalue weighted by Gasteiger charge is 2.11. The first-order valence-corrected chi connectivity index (χ1v) is 8.68. The third kappa shape index (κ3) is 5.01. The van der Waals surface area contributed by atoms with Crippen molar-refractivity contribution in [3.8, 4) is 0 Å². The molecule has 0 aliphatic heterocycles. The highest BCUT2D eigenvalue weighted by Crippen LogP contribution is 2.15. The van der Waals surface area contributed by atoms with Crippen LogP contribution < -0.4 is 10.6 Å². The highest BCUT2D eigenvalue weighted by atomic mass is 16.2. The molecule has 3 rings (SSSR count). The molecule has 0 radical (unpaired) electrons. The van der Waals surface area contributed by atoms with Crippen LogP contribution >= 0.6 is 0 Å². The second-order valence-corrected chi connectivity index (χ2v) is 6.45. The summed E-state index contributed by atoms with van der Waals surface area (Å²) in [6.45, 7) is 4.37. The second-order valence-electron chi connectivity index (χ2n) is 6.45. The number of carbonyl (C=O) groups is 2. The number of amides is 2. The Hall–Kier alpha value is -3.47. The van der Waals surface area contributed by atoms with Gasteiger partial charge < -0.3 is 10.6 Å². The number of nitrogens with one attached hydrogen (secondary N) is 2. The topological polar surface area (TPSA) is 71.1 Å². The number of aryl methyl sites for hydroxylation is 2. The van der Waals surface area contributed by atoms with Crippen LogP contribution in [0.5, 0.6) is 0 Å². The molecule has 0 fully saturated rings. The molecule has 5 heteroatoms. The Morgan fingerprint density at radius 1 is 0.852 bits per heavy atom. The molecule has 5 nitrogen and oxygen atoms in total. The van der Waals surface area contributed by atoms with E-state index in [0.717, 1.165) is 22.4 Å². The zero-order chi connectivity index (χ0) is 19.2. The molecule has 0 spiro atoms. The van der Waals surface area contributed by atoms with Crippen LogP contribution in [-0.2, 0) is 6.54 Å². The lowest BCUT2D eigenvalue weighted by Gasteiger charge is -2.09. The SMILES string of the molecule is Cc1cc(C)cc(NC(=O)c2cccc(C(=O)NCc3ccncc3)c2)c1. The van der Waals surface area contributed by atoms with Crippen LogP contribution in [0.3, 0.4) is 0 Å². The fourth-order valence-corrected chi connectivity index (χ4v) is 2.84. The number of carbonyl (C=O) groups excluding carboxylic acids is 2. The highest BCUT2D eigenvalue weighted by molar-refractivity contribution is 6.06. The van der Waals surface area contributed by atoms with Crippen molar-refractivity contribution in [3.05, 3.63) is 94.8 Å². The van der Waals surface area contributed by atoms with E-state index in [2.05, 4.69) is 15.6 Å². The van der Waals surface area contributed by atoms with Crippen LogP contribution in [0.15, 0.2) is 67.0 Å². The molecule has 3 aromatic rings. The maximum absolute atomic E-state index is 12.5. The van der Waals surface area contributed by atoms with Crippen molar-refractivity contribution >= 4 is 17.5 Å². The Morgan fingerprint density at radius 3 is 2.15 bits per heavy atom. The number of benzene rings is 2. The van der Waals surface area contributed by atoms with Gasteiger partial charge in [0, 0.05) is 35.8 Å². The number of pyridine rings is 1. The van der Waals surface area contributed by atoms with E-state index in [4.69, 9.17) is 0 Å². The minimum atomic E-state index is -0.246. The zero-order valence-corrected chi connectivity index (χ0v) is 15.3. The van der Waals surface area contributed by atoms with Crippen molar-refractivity contribution in [1.29, 1.82) is 0 Å². The third-order valence-electron chi connectivity index (χ3n) is 4.07. The summed E-state index contributed by atoms with van der Waals surface area (Å²) in [6.07, 6.45) is 3.36. The molecule has 0 bridgehead atoms. The van der Waals surface area contributed by atoms with Crippen molar-refractivity contribution in [2.75, 3.05) is 5.32 Å². The fourth-order valence-electron chi connectivity index (χ4n) is 2.84. The maximum Gasteiger partial charge on any atom is 0.255 e. The van der Waals surface area contributed by atoms with Crippen molar-refractivity contribution in [1.82, 2.24) is 10.3 Å². The summed E-state index contributed by atoms with van der Waals surface area (Å²) < 4.78 is 0. The van der Waals surface area contributed by atoms with Crippen LogP contribution in [-0.4, -0.2) is 16.8 Å². The summed E-state index contributed by atoms with van der Waals surface area (Å²) in [4.78, 5) is 28.9. The van der Waals surface area contributed by atoms with Gasteiger partial charge in [-0.2, -0.15) is 0 Å². The minimum Gasteiger partial charge on any atom is -0.348 e. The van der Waals surface area contributed by atoms with Gasteiger partial charge >= 0.3 is 0 Å². The number of anilines is 1. The molecule has 27 heavy (non-hydrogen) atoms. The van der Waals surface area contributed by atoms with E-state index in [0.29, 0.717) is 17.7 Å². The summed E-state index contributed by atoms with van der Waals surface area (Å²) in [5, 5.41) is 5.73. The number of rotatable bonds is 5. The quantitative estimate of drug-likeness (QED) is 0.726. The number of hydrogen-bond acceptors (Lipinski definition) is 3. The van der Waals surface area contributed by atoms with Crippen LogP contribution in [0.4, 0.5) is 5.69 Å². The van der Waals surface area contributed by atoms with Crippen molar-refractivity contribution in [2.45, 2.75) is 20.4 Å². The van der Waals surface area contributed by atoms with Crippen LogP contribution in [0.25, 0.3) is 0 Å². The third-order valence-corrected chi connectivity index (χ3v) is 4.07. The Bertz CT molecular complexity index is 948. The van der Waals surface area contributed by atoms with Crippen molar-refractivity contribution in [2.24, 2.45) is 0 Å². The zero-order valence-electron chi connectivity index (χ0n) is 15.3. The van der Waals surface area contributed by atoms with Gasteiger partial charge in [0.05, 0.1) is 0 Å². The Labute approximate surface area is 158 Å². The van der Waals surface area contributed by atoms with Crippen LogP contribution in [0, 0.1) is 13.8 Å². The Balaban J connectivity index is 1.68. The van der Waals surface area contributed by atoms with E-state index in [9.17, 15) is 9.59 Å².